The highest BCUT2D eigenvalue weighted by molar-refractivity contribution is 6.30. The highest BCUT2D eigenvalue weighted by atomic mass is 35.5. The number of benzene rings is 2. The number of hydrogen-bond acceptors (Lipinski definition) is 4. The molecule has 0 aromatic heterocycles. The maximum Gasteiger partial charge on any atom is 0.161 e. The molecule has 4 nitrogen and oxygen atoms in total. The summed E-state index contributed by atoms with van der Waals surface area (Å²) in [6, 6.07) is 17.5. The predicted octanol–water partition coefficient (Wildman–Crippen LogP) is 5.41. The van der Waals surface area contributed by atoms with Gasteiger partial charge in [0.25, 0.3) is 0 Å². The molecule has 1 N–H and O–H groups in total. The van der Waals surface area contributed by atoms with Gasteiger partial charge in [0.05, 0.1) is 17.6 Å². The van der Waals surface area contributed by atoms with Crippen LogP contribution in [0.15, 0.2) is 71.1 Å². The Morgan fingerprint density at radius 3 is 2.83 bits per heavy atom. The lowest BCUT2D eigenvalue weighted by molar-refractivity contribution is -0.116. The van der Waals surface area contributed by atoms with Gasteiger partial charge in [-0.3, -0.25) is 4.79 Å². The number of hydrogen-bond donors (Lipinski definition) is 1. The van der Waals surface area contributed by atoms with E-state index in [1.165, 1.54) is 0 Å². The first-order valence-electron chi connectivity index (χ1n) is 9.68. The second kappa shape index (κ2) is 8.14. The van der Waals surface area contributed by atoms with Gasteiger partial charge in [-0.05, 0) is 55.2 Å². The van der Waals surface area contributed by atoms with Gasteiger partial charge in [0.15, 0.2) is 5.78 Å². The molecule has 0 unspecified atom stereocenters. The smallest absolute Gasteiger partial charge is 0.161 e. The number of allylic oxidation sites excluding steroid dienone is 4. The molecule has 0 spiro atoms. The number of nitrogens with zero attached hydrogens (tertiary/aromatic N) is 1. The minimum Gasteiger partial charge on any atom is -0.489 e. The maximum atomic E-state index is 12.7. The van der Waals surface area contributed by atoms with Gasteiger partial charge in [-0.1, -0.05) is 35.9 Å². The highest BCUT2D eigenvalue weighted by Crippen LogP contribution is 2.42. The van der Waals surface area contributed by atoms with Crippen molar-refractivity contribution in [2.45, 2.75) is 38.7 Å². The van der Waals surface area contributed by atoms with E-state index in [-0.39, 0.29) is 11.7 Å². The summed E-state index contributed by atoms with van der Waals surface area (Å²) in [6.45, 7) is 2.29. The maximum absolute atomic E-state index is 12.7. The minimum absolute atomic E-state index is 0.120. The Morgan fingerprint density at radius 2 is 2.03 bits per heavy atom. The lowest BCUT2D eigenvalue weighted by Gasteiger charge is -2.32. The van der Waals surface area contributed by atoms with E-state index in [1.807, 2.05) is 55.5 Å². The standard InChI is InChI=1S/C24H21ClN2O2/c1-15-20(13-26)23(24-21(27-15)9-4-10-22(24)28)17-6-3-8-19(12-17)29-14-16-5-2-7-18(25)11-16/h2-3,5-8,11-12,23,27H,4,9-10,14H2,1H3/t23-/m1/s1. The fourth-order valence-electron chi connectivity index (χ4n) is 4.04. The molecule has 1 aliphatic carbocycles. The average molecular weight is 405 g/mol. The van der Waals surface area contributed by atoms with Gasteiger partial charge >= 0.3 is 0 Å². The van der Waals surface area contributed by atoms with Crippen LogP contribution < -0.4 is 10.1 Å². The molecule has 2 aliphatic rings. The van der Waals surface area contributed by atoms with E-state index in [9.17, 15) is 10.1 Å². The number of rotatable bonds is 4. The zero-order valence-corrected chi connectivity index (χ0v) is 16.9. The van der Waals surface area contributed by atoms with E-state index >= 15 is 0 Å². The Hall–Kier alpha value is -3.03. The minimum atomic E-state index is -0.348. The predicted molar refractivity (Wildman–Crippen MR) is 112 cm³/mol. The van der Waals surface area contributed by atoms with E-state index in [0.717, 1.165) is 40.9 Å². The number of ketones is 1. The van der Waals surface area contributed by atoms with Crippen molar-refractivity contribution in [2.75, 3.05) is 0 Å². The van der Waals surface area contributed by atoms with Crippen LogP contribution in [0.1, 0.15) is 43.2 Å². The average Bonchev–Trinajstić information content (AvgIpc) is 2.72. The molecule has 0 fully saturated rings. The third-order valence-corrected chi connectivity index (χ3v) is 5.62. The van der Waals surface area contributed by atoms with Crippen LogP contribution in [0, 0.1) is 11.3 Å². The molecule has 5 heteroatoms. The molecule has 1 atom stereocenters. The lowest BCUT2D eigenvalue weighted by Crippen LogP contribution is -2.31. The Bertz CT molecular complexity index is 1080. The van der Waals surface area contributed by atoms with Crippen LogP contribution in [0.5, 0.6) is 5.75 Å². The second-order valence-corrected chi connectivity index (χ2v) is 7.80. The molecule has 29 heavy (non-hydrogen) atoms. The molecule has 2 aromatic carbocycles. The first-order chi connectivity index (χ1) is 14.1. The topological polar surface area (TPSA) is 62.1 Å². The Labute approximate surface area is 175 Å². The number of ether oxygens (including phenoxy) is 1. The van der Waals surface area contributed by atoms with Crippen molar-refractivity contribution in [3.8, 4) is 11.8 Å². The zero-order chi connectivity index (χ0) is 20.4. The van der Waals surface area contributed by atoms with Gasteiger partial charge in [-0.25, -0.2) is 0 Å². The van der Waals surface area contributed by atoms with Crippen molar-refractivity contribution in [3.05, 3.63) is 87.2 Å². The number of carbonyl (C=O) groups is 1. The van der Waals surface area contributed by atoms with E-state index in [1.54, 1.807) is 0 Å². The van der Waals surface area contributed by atoms with Crippen LogP contribution in [0.25, 0.3) is 0 Å². The fourth-order valence-corrected chi connectivity index (χ4v) is 4.25. The summed E-state index contributed by atoms with van der Waals surface area (Å²) in [4.78, 5) is 12.7. The quantitative estimate of drug-likeness (QED) is 0.739. The third-order valence-electron chi connectivity index (χ3n) is 5.38. The monoisotopic (exact) mass is 404 g/mol. The highest BCUT2D eigenvalue weighted by Gasteiger charge is 2.35. The molecule has 0 amide bonds. The lowest BCUT2D eigenvalue weighted by atomic mass is 9.75. The van der Waals surface area contributed by atoms with Crippen molar-refractivity contribution in [1.29, 1.82) is 5.26 Å². The summed E-state index contributed by atoms with van der Waals surface area (Å²) in [5, 5.41) is 13.8. The summed E-state index contributed by atoms with van der Waals surface area (Å²) < 4.78 is 5.96. The third kappa shape index (κ3) is 3.92. The van der Waals surface area contributed by atoms with Gasteiger partial charge in [-0.2, -0.15) is 5.26 Å². The number of Topliss-reactive ketones (excluding diaryl/α,β-unsaturated/α-hetero) is 1. The van der Waals surface area contributed by atoms with E-state index in [2.05, 4.69) is 11.4 Å². The fraction of sp³-hybridized carbons (Fsp3) is 0.250. The van der Waals surface area contributed by atoms with Gasteiger partial charge in [-0.15, -0.1) is 0 Å². The number of carbonyl (C=O) groups excluding carboxylic acids is 1. The number of nitriles is 1. The molecule has 0 radical (unpaired) electrons. The first-order valence-corrected chi connectivity index (χ1v) is 10.1. The molecular weight excluding hydrogens is 384 g/mol. The number of halogens is 1. The Balaban J connectivity index is 1.66. The normalized spacial score (nSPS) is 18.8. The molecule has 1 heterocycles. The van der Waals surface area contributed by atoms with E-state index in [0.29, 0.717) is 29.4 Å². The summed E-state index contributed by atoms with van der Waals surface area (Å²) in [5.74, 6) is 0.467. The SMILES string of the molecule is CC1=C(C#N)[C@@H](c2cccc(OCc3cccc(Cl)c3)c2)C2=C(CCCC2=O)N1. The molecule has 0 saturated carbocycles. The van der Waals surface area contributed by atoms with E-state index in [4.69, 9.17) is 16.3 Å². The van der Waals surface area contributed by atoms with Gasteiger partial charge in [0.2, 0.25) is 0 Å². The molecule has 1 aliphatic heterocycles. The number of nitrogens with one attached hydrogen (secondary N) is 1. The van der Waals surface area contributed by atoms with Crippen molar-refractivity contribution in [2.24, 2.45) is 0 Å². The van der Waals surface area contributed by atoms with Crippen LogP contribution in [0.2, 0.25) is 5.02 Å². The molecule has 2 aromatic rings. The summed E-state index contributed by atoms with van der Waals surface area (Å²) in [7, 11) is 0. The van der Waals surface area contributed by atoms with Crippen LogP contribution in [0.4, 0.5) is 0 Å². The summed E-state index contributed by atoms with van der Waals surface area (Å²) in [5.41, 5.74) is 4.96. The largest absolute Gasteiger partial charge is 0.489 e. The molecule has 0 saturated heterocycles. The second-order valence-electron chi connectivity index (χ2n) is 7.37. The van der Waals surface area contributed by atoms with Crippen LogP contribution >= 0.6 is 11.6 Å². The van der Waals surface area contributed by atoms with Crippen LogP contribution in [0.3, 0.4) is 0 Å². The van der Waals surface area contributed by atoms with Crippen molar-refractivity contribution in [1.82, 2.24) is 5.32 Å². The van der Waals surface area contributed by atoms with Crippen molar-refractivity contribution >= 4 is 17.4 Å². The van der Waals surface area contributed by atoms with Crippen LogP contribution in [-0.2, 0) is 11.4 Å². The molecule has 146 valence electrons. The molecule has 4 rings (SSSR count). The first kappa shape index (κ1) is 19.3. The molecule has 0 bridgehead atoms. The Morgan fingerprint density at radius 1 is 1.21 bits per heavy atom. The summed E-state index contributed by atoms with van der Waals surface area (Å²) >= 11 is 6.04. The Kier molecular flexibility index (Phi) is 5.42. The van der Waals surface area contributed by atoms with Gasteiger partial charge < -0.3 is 10.1 Å². The van der Waals surface area contributed by atoms with Gasteiger partial charge in [0.1, 0.15) is 12.4 Å². The zero-order valence-electron chi connectivity index (χ0n) is 16.2. The summed E-state index contributed by atoms with van der Waals surface area (Å²) in [6.07, 6.45) is 2.20. The molecular formula is C24H21ClN2O2. The van der Waals surface area contributed by atoms with E-state index < -0.39 is 0 Å². The number of dihydropyridines is 1. The van der Waals surface area contributed by atoms with Gasteiger partial charge in [0, 0.05) is 28.4 Å². The van der Waals surface area contributed by atoms with Crippen LogP contribution in [-0.4, -0.2) is 5.78 Å². The van der Waals surface area contributed by atoms with Crippen molar-refractivity contribution < 1.29 is 9.53 Å². The van der Waals surface area contributed by atoms with Crippen molar-refractivity contribution in [3.63, 3.8) is 0 Å².